The molecule has 1 aliphatic heterocycles. The molecule has 18 heavy (non-hydrogen) atoms. The zero-order chi connectivity index (χ0) is 11.8. The molecule has 1 heterocycles. The molecule has 0 aromatic rings. The maximum absolute atomic E-state index is 12.2. The molecule has 2 aliphatic carbocycles. The van der Waals surface area contributed by atoms with Crippen molar-refractivity contribution in [2.75, 3.05) is 19.8 Å². The Hall–Kier alpha value is -0.320. The zero-order valence-corrected chi connectivity index (χ0v) is 11.5. The third-order valence-corrected chi connectivity index (χ3v) is 4.87. The number of carbonyl (C=O) groups excluding carboxylic acids is 1. The minimum Gasteiger partial charge on any atom is -0.381 e. The zero-order valence-electron chi connectivity index (χ0n) is 10.6. The fraction of sp³-hybridized carbons (Fsp3) is 0.923. The van der Waals surface area contributed by atoms with Crippen LogP contribution in [0.3, 0.4) is 0 Å². The molecule has 5 atom stereocenters. The Morgan fingerprint density at radius 1 is 1.28 bits per heavy atom. The van der Waals surface area contributed by atoms with Crippen molar-refractivity contribution < 1.29 is 9.53 Å². The number of halogens is 1. The Bertz CT molecular complexity index is 305. The summed E-state index contributed by atoms with van der Waals surface area (Å²) in [4.78, 5) is 12.2. The SMILES string of the molecule is Cl.NC1C2CCC(C2)C1C(=O)NCC1CCOC1. The summed E-state index contributed by atoms with van der Waals surface area (Å²) in [5, 5.41) is 3.08. The van der Waals surface area contributed by atoms with Crippen molar-refractivity contribution in [2.45, 2.75) is 31.7 Å². The predicted molar refractivity (Wildman–Crippen MR) is 71.5 cm³/mol. The van der Waals surface area contributed by atoms with Crippen LogP contribution >= 0.6 is 12.4 Å². The molecule has 3 N–H and O–H groups in total. The Morgan fingerprint density at radius 3 is 2.67 bits per heavy atom. The van der Waals surface area contributed by atoms with E-state index < -0.39 is 0 Å². The topological polar surface area (TPSA) is 64.4 Å². The van der Waals surface area contributed by atoms with Gasteiger partial charge >= 0.3 is 0 Å². The summed E-state index contributed by atoms with van der Waals surface area (Å²) in [7, 11) is 0. The summed E-state index contributed by atoms with van der Waals surface area (Å²) in [6.45, 7) is 2.40. The molecule has 0 radical (unpaired) electrons. The van der Waals surface area contributed by atoms with Gasteiger partial charge in [0.05, 0.1) is 12.5 Å². The van der Waals surface area contributed by atoms with Crippen LogP contribution in [0.4, 0.5) is 0 Å². The molecule has 3 aliphatic rings. The van der Waals surface area contributed by atoms with E-state index in [1.807, 2.05) is 0 Å². The number of rotatable bonds is 3. The lowest BCUT2D eigenvalue weighted by Crippen LogP contribution is -2.46. The quantitative estimate of drug-likeness (QED) is 0.805. The highest BCUT2D eigenvalue weighted by molar-refractivity contribution is 5.85. The lowest BCUT2D eigenvalue weighted by Gasteiger charge is -2.27. The van der Waals surface area contributed by atoms with E-state index in [2.05, 4.69) is 5.32 Å². The average molecular weight is 275 g/mol. The standard InChI is InChI=1S/C13H22N2O2.ClH/c14-12-10-2-1-9(5-10)11(12)13(16)15-6-8-3-4-17-7-8;/h8-12H,1-7,14H2,(H,15,16);1H. The van der Waals surface area contributed by atoms with Gasteiger partial charge in [0.2, 0.25) is 5.91 Å². The first-order chi connectivity index (χ1) is 8.25. The van der Waals surface area contributed by atoms with Crippen LogP contribution in [-0.4, -0.2) is 31.7 Å². The number of ether oxygens (including phenoxy) is 1. The Balaban J connectivity index is 0.00000120. The van der Waals surface area contributed by atoms with E-state index in [4.69, 9.17) is 10.5 Å². The molecule has 1 amide bonds. The number of carbonyl (C=O) groups is 1. The largest absolute Gasteiger partial charge is 0.381 e. The number of nitrogens with two attached hydrogens (primary N) is 1. The van der Waals surface area contributed by atoms with Gasteiger partial charge in [-0.3, -0.25) is 4.79 Å². The monoisotopic (exact) mass is 274 g/mol. The molecule has 1 saturated heterocycles. The van der Waals surface area contributed by atoms with Gasteiger partial charge in [-0.2, -0.15) is 0 Å². The highest BCUT2D eigenvalue weighted by Crippen LogP contribution is 2.47. The van der Waals surface area contributed by atoms with Gasteiger partial charge in [-0.25, -0.2) is 0 Å². The second-order valence-corrected chi connectivity index (χ2v) is 5.91. The predicted octanol–water partition coefficient (Wildman–Crippen LogP) is 0.934. The van der Waals surface area contributed by atoms with Crippen molar-refractivity contribution >= 4 is 18.3 Å². The van der Waals surface area contributed by atoms with Gasteiger partial charge in [-0.1, -0.05) is 0 Å². The maximum atomic E-state index is 12.2. The normalized spacial score (nSPS) is 41.7. The molecule has 0 aromatic heterocycles. The van der Waals surface area contributed by atoms with Crippen molar-refractivity contribution in [3.63, 3.8) is 0 Å². The van der Waals surface area contributed by atoms with Gasteiger partial charge in [-0.15, -0.1) is 12.4 Å². The molecule has 4 nitrogen and oxygen atoms in total. The van der Waals surface area contributed by atoms with Crippen LogP contribution < -0.4 is 11.1 Å². The van der Waals surface area contributed by atoms with Gasteiger partial charge in [-0.05, 0) is 37.5 Å². The first-order valence-electron chi connectivity index (χ1n) is 6.86. The van der Waals surface area contributed by atoms with E-state index in [9.17, 15) is 4.79 Å². The van der Waals surface area contributed by atoms with Crippen LogP contribution in [-0.2, 0) is 9.53 Å². The Morgan fingerprint density at radius 2 is 2.06 bits per heavy atom. The second-order valence-electron chi connectivity index (χ2n) is 5.91. The minimum absolute atomic E-state index is 0. The van der Waals surface area contributed by atoms with E-state index in [1.54, 1.807) is 0 Å². The van der Waals surface area contributed by atoms with Crippen LogP contribution in [0, 0.1) is 23.7 Å². The van der Waals surface area contributed by atoms with Crippen molar-refractivity contribution in [2.24, 2.45) is 29.4 Å². The smallest absolute Gasteiger partial charge is 0.224 e. The van der Waals surface area contributed by atoms with Gasteiger partial charge in [0.15, 0.2) is 0 Å². The summed E-state index contributed by atoms with van der Waals surface area (Å²) in [6.07, 6.45) is 4.67. The lowest BCUT2D eigenvalue weighted by atomic mass is 9.84. The molecule has 2 saturated carbocycles. The highest BCUT2D eigenvalue weighted by atomic mass is 35.5. The lowest BCUT2D eigenvalue weighted by molar-refractivity contribution is -0.127. The van der Waals surface area contributed by atoms with E-state index in [1.165, 1.54) is 19.3 Å². The molecule has 0 aromatic carbocycles. The fourth-order valence-corrected chi connectivity index (χ4v) is 3.83. The summed E-state index contributed by atoms with van der Waals surface area (Å²) in [5.41, 5.74) is 6.16. The Labute approximate surface area is 114 Å². The first kappa shape index (κ1) is 14.1. The molecular weight excluding hydrogens is 252 g/mol. The number of amides is 1. The summed E-state index contributed by atoms with van der Waals surface area (Å²) < 4.78 is 5.31. The van der Waals surface area contributed by atoms with Crippen molar-refractivity contribution in [1.29, 1.82) is 0 Å². The van der Waals surface area contributed by atoms with Crippen LogP contribution in [0.25, 0.3) is 0 Å². The third-order valence-electron chi connectivity index (χ3n) is 4.87. The van der Waals surface area contributed by atoms with E-state index in [-0.39, 0.29) is 30.3 Å². The number of hydrogen-bond donors (Lipinski definition) is 2. The first-order valence-corrected chi connectivity index (χ1v) is 6.86. The average Bonchev–Trinajstić information content (AvgIpc) is 3.02. The second kappa shape index (κ2) is 5.76. The third kappa shape index (κ3) is 2.51. The number of fused-ring (bicyclic) bond motifs is 2. The van der Waals surface area contributed by atoms with Gasteiger partial charge in [0.1, 0.15) is 0 Å². The van der Waals surface area contributed by atoms with Crippen LogP contribution in [0.5, 0.6) is 0 Å². The van der Waals surface area contributed by atoms with E-state index >= 15 is 0 Å². The van der Waals surface area contributed by atoms with Gasteiger partial charge in [0.25, 0.3) is 0 Å². The van der Waals surface area contributed by atoms with E-state index in [0.717, 1.165) is 26.2 Å². The molecule has 3 rings (SSSR count). The molecule has 3 fully saturated rings. The number of hydrogen-bond acceptors (Lipinski definition) is 3. The number of nitrogens with one attached hydrogen (secondary N) is 1. The maximum Gasteiger partial charge on any atom is 0.224 e. The molecule has 5 unspecified atom stereocenters. The molecule has 5 heteroatoms. The van der Waals surface area contributed by atoms with Crippen LogP contribution in [0.1, 0.15) is 25.7 Å². The van der Waals surface area contributed by atoms with Crippen LogP contribution in [0.15, 0.2) is 0 Å². The van der Waals surface area contributed by atoms with Crippen molar-refractivity contribution in [1.82, 2.24) is 5.32 Å². The fourth-order valence-electron chi connectivity index (χ4n) is 3.83. The van der Waals surface area contributed by atoms with Gasteiger partial charge < -0.3 is 15.8 Å². The molecule has 104 valence electrons. The van der Waals surface area contributed by atoms with Gasteiger partial charge in [0, 0.05) is 25.1 Å². The molecular formula is C13H23ClN2O2. The van der Waals surface area contributed by atoms with E-state index in [0.29, 0.717) is 17.8 Å². The summed E-state index contributed by atoms with van der Waals surface area (Å²) in [6, 6.07) is 0.105. The Kier molecular flexibility index (Phi) is 4.51. The summed E-state index contributed by atoms with van der Waals surface area (Å²) >= 11 is 0. The molecule has 2 bridgehead atoms. The molecule has 0 spiro atoms. The van der Waals surface area contributed by atoms with Crippen molar-refractivity contribution in [3.8, 4) is 0 Å². The summed E-state index contributed by atoms with van der Waals surface area (Å²) in [5.74, 6) is 1.93. The minimum atomic E-state index is 0. The highest BCUT2D eigenvalue weighted by Gasteiger charge is 2.48. The van der Waals surface area contributed by atoms with Crippen molar-refractivity contribution in [3.05, 3.63) is 0 Å². The van der Waals surface area contributed by atoms with Crippen LogP contribution in [0.2, 0.25) is 0 Å².